The van der Waals surface area contributed by atoms with Gasteiger partial charge in [-0.3, -0.25) is 10.4 Å². The molecule has 2 heterocycles. The second-order valence-electron chi connectivity index (χ2n) is 5.32. The first-order chi connectivity index (χ1) is 11.3. The Labute approximate surface area is 142 Å². The van der Waals surface area contributed by atoms with Crippen LogP contribution in [0.1, 0.15) is 0 Å². The van der Waals surface area contributed by atoms with Crippen molar-refractivity contribution >= 4 is 50.3 Å². The Morgan fingerprint density at radius 1 is 1.17 bits per heavy atom. The van der Waals surface area contributed by atoms with Gasteiger partial charge >= 0.3 is 0 Å². The molecule has 0 atom stereocenters. The number of hydrogen-bond acceptors (Lipinski definition) is 4. The van der Waals surface area contributed by atoms with Crippen LogP contribution in [-0.4, -0.2) is 22.0 Å². The number of hydrogen-bond donors (Lipinski definition) is 1. The quantitative estimate of drug-likeness (QED) is 0.543. The van der Waals surface area contributed by atoms with Crippen molar-refractivity contribution in [3.63, 3.8) is 0 Å². The van der Waals surface area contributed by atoms with Crippen LogP contribution in [0.3, 0.4) is 0 Å². The number of nitrogens with one attached hydrogen (secondary N) is 1. The lowest BCUT2D eigenvalue weighted by Gasteiger charge is -2.13. The summed E-state index contributed by atoms with van der Waals surface area (Å²) in [6.45, 7) is 0.842. The molecule has 3 aromatic rings. The van der Waals surface area contributed by atoms with E-state index in [0.717, 1.165) is 44.6 Å². The Kier molecular flexibility index (Phi) is 3.75. The third-order valence-electron chi connectivity index (χ3n) is 3.96. The van der Waals surface area contributed by atoms with E-state index < -0.39 is 0 Å². The van der Waals surface area contributed by atoms with Crippen molar-refractivity contribution in [3.05, 3.63) is 52.8 Å². The number of aryl methyl sites for hydroxylation is 1. The molecule has 0 spiro atoms. The number of rotatable bonds is 1. The van der Waals surface area contributed by atoms with Gasteiger partial charge in [0.05, 0.1) is 22.6 Å². The lowest BCUT2D eigenvalue weighted by Crippen LogP contribution is -2.20. The van der Waals surface area contributed by atoms with Crippen molar-refractivity contribution in [1.29, 1.82) is 0 Å². The lowest BCUT2D eigenvalue weighted by atomic mass is 10.1. The van der Waals surface area contributed by atoms with E-state index in [1.807, 2.05) is 24.3 Å². The van der Waals surface area contributed by atoms with Gasteiger partial charge in [-0.25, -0.2) is 0 Å². The monoisotopic (exact) mass is 342 g/mol. The van der Waals surface area contributed by atoms with Crippen LogP contribution in [0.5, 0.6) is 0 Å². The van der Waals surface area contributed by atoms with Gasteiger partial charge in [0.25, 0.3) is 0 Å². The predicted molar refractivity (Wildman–Crippen MR) is 98.9 cm³/mol. The molecule has 1 aliphatic rings. The highest BCUT2D eigenvalue weighted by Gasteiger charge is 2.11. The summed E-state index contributed by atoms with van der Waals surface area (Å²) in [4.78, 5) is 4.39. The van der Waals surface area contributed by atoms with Crippen LogP contribution >= 0.6 is 23.4 Å². The number of fused-ring (bicyclic) bond motifs is 2. The summed E-state index contributed by atoms with van der Waals surface area (Å²) >= 11 is 8.18. The zero-order valence-corrected chi connectivity index (χ0v) is 14.2. The summed E-state index contributed by atoms with van der Waals surface area (Å²) in [7, 11) is 2.05. The van der Waals surface area contributed by atoms with E-state index in [2.05, 4.69) is 45.3 Å². The molecule has 1 N–H and O–H groups in total. The average Bonchev–Trinajstić information content (AvgIpc) is 3.09. The third kappa shape index (κ3) is 2.50. The smallest absolute Gasteiger partial charge is 0.177 e. The normalized spacial score (nSPS) is 15.4. The molecular weight excluding hydrogens is 328 g/mol. The second kappa shape index (κ2) is 5.91. The van der Waals surface area contributed by atoms with Crippen LogP contribution in [0.4, 0.5) is 0 Å². The number of pyridine rings is 1. The molecule has 4 rings (SSSR count). The molecule has 0 unspecified atom stereocenters. The first kappa shape index (κ1) is 14.6. The molecule has 6 heteroatoms. The molecule has 0 aliphatic carbocycles. The van der Waals surface area contributed by atoms with E-state index in [0.29, 0.717) is 5.02 Å². The van der Waals surface area contributed by atoms with E-state index in [1.54, 1.807) is 11.8 Å². The minimum absolute atomic E-state index is 0.699. The molecule has 0 bridgehead atoms. The molecule has 116 valence electrons. The summed E-state index contributed by atoms with van der Waals surface area (Å²) in [6.07, 6.45) is 0. The topological polar surface area (TPSA) is 41.7 Å². The number of thioether (sulfide) groups is 1. The highest BCUT2D eigenvalue weighted by Crippen LogP contribution is 2.23. The molecule has 0 fully saturated rings. The number of aliphatic imine (C=N–C) groups is 1. The minimum Gasteiger partial charge on any atom is -0.343 e. The van der Waals surface area contributed by atoms with Gasteiger partial charge in [-0.2, -0.15) is 5.10 Å². The van der Waals surface area contributed by atoms with Gasteiger partial charge in [0.2, 0.25) is 0 Å². The van der Waals surface area contributed by atoms with Crippen molar-refractivity contribution in [1.82, 2.24) is 9.99 Å². The molecule has 0 amide bonds. The summed E-state index contributed by atoms with van der Waals surface area (Å²) < 4.78 is 2.15. The standard InChI is InChI=1S/C17H15ClN4S/c1-22-13-7-3-2-5-11(13)16(20-21-17-19-9-10-23-17)15-12(18)6-4-8-14(15)22/h2-8H,9-10H2,1H3,(H,19,21). The molecule has 0 radical (unpaired) electrons. The summed E-state index contributed by atoms with van der Waals surface area (Å²) in [6, 6.07) is 14.2. The highest BCUT2D eigenvalue weighted by molar-refractivity contribution is 8.14. The fourth-order valence-corrected chi connectivity index (χ4v) is 3.81. The van der Waals surface area contributed by atoms with Crippen LogP contribution in [0.15, 0.2) is 52.6 Å². The van der Waals surface area contributed by atoms with Gasteiger partial charge in [0.1, 0.15) is 5.36 Å². The van der Waals surface area contributed by atoms with Crippen molar-refractivity contribution < 1.29 is 0 Å². The molecular formula is C17H15ClN4S. The van der Waals surface area contributed by atoms with Gasteiger partial charge in [-0.1, -0.05) is 47.6 Å². The maximum absolute atomic E-state index is 6.49. The minimum atomic E-state index is 0.699. The van der Waals surface area contributed by atoms with Crippen molar-refractivity contribution in [2.75, 3.05) is 12.3 Å². The van der Waals surface area contributed by atoms with E-state index in [9.17, 15) is 0 Å². The Morgan fingerprint density at radius 3 is 2.83 bits per heavy atom. The SMILES string of the molecule is Cn1c2ccccc2c(=NNC2=NCCS2)c2c(Cl)cccc21. The van der Waals surface area contributed by atoms with Crippen LogP contribution < -0.4 is 10.8 Å². The first-order valence-corrected chi connectivity index (χ1v) is 8.75. The van der Waals surface area contributed by atoms with Gasteiger partial charge < -0.3 is 4.57 Å². The summed E-state index contributed by atoms with van der Waals surface area (Å²) in [5, 5.41) is 9.08. The van der Waals surface area contributed by atoms with Crippen molar-refractivity contribution in [2.45, 2.75) is 0 Å². The maximum atomic E-state index is 6.49. The fourth-order valence-electron chi connectivity index (χ4n) is 2.88. The highest BCUT2D eigenvalue weighted by atomic mass is 35.5. The van der Waals surface area contributed by atoms with E-state index >= 15 is 0 Å². The Bertz CT molecular complexity index is 1010. The Morgan fingerprint density at radius 2 is 2.00 bits per heavy atom. The number of benzene rings is 2. The Hall–Kier alpha value is -1.98. The molecule has 1 aromatic heterocycles. The van der Waals surface area contributed by atoms with Gasteiger partial charge in [0.15, 0.2) is 5.17 Å². The summed E-state index contributed by atoms with van der Waals surface area (Å²) in [5.74, 6) is 1.00. The van der Waals surface area contributed by atoms with E-state index in [-0.39, 0.29) is 0 Å². The molecule has 4 nitrogen and oxygen atoms in total. The molecule has 0 saturated carbocycles. The third-order valence-corrected chi connectivity index (χ3v) is 5.15. The number of halogens is 1. The molecule has 2 aromatic carbocycles. The van der Waals surface area contributed by atoms with E-state index in [1.165, 1.54) is 0 Å². The zero-order valence-electron chi connectivity index (χ0n) is 12.6. The van der Waals surface area contributed by atoms with Gasteiger partial charge in [0, 0.05) is 23.6 Å². The maximum Gasteiger partial charge on any atom is 0.177 e. The Balaban J connectivity index is 2.09. The van der Waals surface area contributed by atoms with Crippen molar-refractivity contribution in [2.24, 2.45) is 17.1 Å². The number of nitrogens with zero attached hydrogens (tertiary/aromatic N) is 3. The number of amidine groups is 1. The van der Waals surface area contributed by atoms with Crippen LogP contribution in [0.2, 0.25) is 5.02 Å². The average molecular weight is 343 g/mol. The largest absolute Gasteiger partial charge is 0.343 e. The molecule has 23 heavy (non-hydrogen) atoms. The number of para-hydroxylation sites is 1. The predicted octanol–water partition coefficient (Wildman–Crippen LogP) is 3.49. The first-order valence-electron chi connectivity index (χ1n) is 7.38. The second-order valence-corrected chi connectivity index (χ2v) is 6.81. The fraction of sp³-hybridized carbons (Fsp3) is 0.176. The van der Waals surface area contributed by atoms with E-state index in [4.69, 9.17) is 11.6 Å². The van der Waals surface area contributed by atoms with Crippen LogP contribution in [0.25, 0.3) is 21.8 Å². The molecule has 0 saturated heterocycles. The van der Waals surface area contributed by atoms with Crippen molar-refractivity contribution in [3.8, 4) is 0 Å². The number of aromatic nitrogens is 1. The van der Waals surface area contributed by atoms with Gasteiger partial charge in [-0.05, 0) is 18.2 Å². The van der Waals surface area contributed by atoms with Gasteiger partial charge in [-0.15, -0.1) is 0 Å². The summed E-state index contributed by atoms with van der Waals surface area (Å²) in [5.41, 5.74) is 5.27. The van der Waals surface area contributed by atoms with Crippen LogP contribution in [0, 0.1) is 0 Å². The lowest BCUT2D eigenvalue weighted by molar-refractivity contribution is 0.968. The zero-order chi connectivity index (χ0) is 15.8. The van der Waals surface area contributed by atoms with Crippen LogP contribution in [-0.2, 0) is 7.05 Å². The molecule has 1 aliphatic heterocycles.